The van der Waals surface area contributed by atoms with Gasteiger partial charge in [-0.3, -0.25) is 4.79 Å². The van der Waals surface area contributed by atoms with E-state index in [1.165, 1.54) is 0 Å². The van der Waals surface area contributed by atoms with Crippen LogP contribution in [0.3, 0.4) is 0 Å². The highest BCUT2D eigenvalue weighted by atomic mass is 19.4. The molecule has 2 rings (SSSR count). The topological polar surface area (TPSA) is 32.3 Å². The van der Waals surface area contributed by atoms with Crippen LogP contribution in [0.2, 0.25) is 0 Å². The summed E-state index contributed by atoms with van der Waals surface area (Å²) < 4.78 is 37.6. The van der Waals surface area contributed by atoms with Crippen molar-refractivity contribution in [1.82, 2.24) is 10.2 Å². The van der Waals surface area contributed by atoms with Gasteiger partial charge in [0.15, 0.2) is 0 Å². The van der Waals surface area contributed by atoms with Gasteiger partial charge in [-0.1, -0.05) is 30.3 Å². The van der Waals surface area contributed by atoms with Crippen molar-refractivity contribution in [3.05, 3.63) is 35.9 Å². The van der Waals surface area contributed by atoms with Crippen molar-refractivity contribution in [2.75, 3.05) is 19.6 Å². The molecule has 0 radical (unpaired) electrons. The van der Waals surface area contributed by atoms with Crippen molar-refractivity contribution >= 4 is 5.91 Å². The highest BCUT2D eigenvalue weighted by Gasteiger charge is 2.45. The number of amides is 1. The first-order valence-electron chi connectivity index (χ1n) is 6.11. The molecule has 1 heterocycles. The summed E-state index contributed by atoms with van der Waals surface area (Å²) in [5.74, 6) is -1.74. The lowest BCUT2D eigenvalue weighted by Crippen LogP contribution is -2.57. The van der Waals surface area contributed by atoms with Crippen LogP contribution in [0.25, 0.3) is 0 Å². The lowest BCUT2D eigenvalue weighted by atomic mass is 10.0. The molecule has 1 unspecified atom stereocenters. The highest BCUT2D eigenvalue weighted by Crippen LogP contribution is 2.22. The first kappa shape index (κ1) is 13.9. The number of piperazine rings is 1. The molecule has 3 nitrogen and oxygen atoms in total. The lowest BCUT2D eigenvalue weighted by Gasteiger charge is -2.36. The fourth-order valence-corrected chi connectivity index (χ4v) is 2.26. The van der Waals surface area contributed by atoms with Crippen molar-refractivity contribution in [3.63, 3.8) is 0 Å². The Morgan fingerprint density at radius 2 is 2.00 bits per heavy atom. The molecule has 104 valence electrons. The number of nitrogens with one attached hydrogen (secondary N) is 1. The predicted octanol–water partition coefficient (Wildman–Crippen LogP) is 1.59. The molecule has 6 heteroatoms. The fraction of sp³-hybridized carbons (Fsp3) is 0.462. The maximum absolute atomic E-state index is 12.5. The normalized spacial score (nSPS) is 20.4. The van der Waals surface area contributed by atoms with Gasteiger partial charge in [-0.25, -0.2) is 0 Å². The fourth-order valence-electron chi connectivity index (χ4n) is 2.26. The number of alkyl halides is 3. The van der Waals surface area contributed by atoms with Gasteiger partial charge in [0.2, 0.25) is 0 Å². The number of rotatable bonds is 2. The van der Waals surface area contributed by atoms with Crippen LogP contribution in [0.1, 0.15) is 5.56 Å². The largest absolute Gasteiger partial charge is 0.471 e. The monoisotopic (exact) mass is 272 g/mol. The van der Waals surface area contributed by atoms with E-state index in [2.05, 4.69) is 5.32 Å². The molecule has 1 fully saturated rings. The molecular weight excluding hydrogens is 257 g/mol. The Morgan fingerprint density at radius 3 is 2.63 bits per heavy atom. The zero-order chi connectivity index (χ0) is 13.9. The summed E-state index contributed by atoms with van der Waals surface area (Å²) in [4.78, 5) is 12.3. The van der Waals surface area contributed by atoms with Crippen LogP contribution >= 0.6 is 0 Å². The van der Waals surface area contributed by atoms with Crippen LogP contribution in [0.15, 0.2) is 30.3 Å². The number of nitrogens with zero attached hydrogens (tertiary/aromatic N) is 1. The van der Waals surface area contributed by atoms with Crippen LogP contribution in [-0.2, 0) is 11.2 Å². The van der Waals surface area contributed by atoms with E-state index in [-0.39, 0.29) is 6.54 Å². The van der Waals surface area contributed by atoms with Crippen molar-refractivity contribution in [3.8, 4) is 0 Å². The minimum atomic E-state index is -4.80. The van der Waals surface area contributed by atoms with Gasteiger partial charge in [0.25, 0.3) is 0 Å². The lowest BCUT2D eigenvalue weighted by molar-refractivity contribution is -0.188. The van der Waals surface area contributed by atoms with Crippen LogP contribution in [0.4, 0.5) is 13.2 Å². The Hall–Kier alpha value is -1.56. The molecule has 0 aliphatic carbocycles. The SMILES string of the molecule is O=C(N1CCNCC1Cc1ccccc1)C(F)(F)F. The molecule has 0 spiro atoms. The zero-order valence-corrected chi connectivity index (χ0v) is 10.3. The van der Waals surface area contributed by atoms with Crippen molar-refractivity contribution in [2.45, 2.75) is 18.6 Å². The summed E-state index contributed by atoms with van der Waals surface area (Å²) in [7, 11) is 0. The van der Waals surface area contributed by atoms with Crippen molar-refractivity contribution in [2.24, 2.45) is 0 Å². The molecule has 19 heavy (non-hydrogen) atoms. The summed E-state index contributed by atoms with van der Waals surface area (Å²) in [6.45, 7) is 0.875. The minimum Gasteiger partial charge on any atom is -0.329 e. The van der Waals surface area contributed by atoms with E-state index in [1.807, 2.05) is 30.3 Å². The summed E-state index contributed by atoms with van der Waals surface area (Å²) in [5, 5.41) is 3.03. The highest BCUT2D eigenvalue weighted by molar-refractivity contribution is 5.82. The summed E-state index contributed by atoms with van der Waals surface area (Å²) in [5.41, 5.74) is 0.927. The molecule has 1 amide bonds. The van der Waals surface area contributed by atoms with Crippen LogP contribution in [0, 0.1) is 0 Å². The van der Waals surface area contributed by atoms with Gasteiger partial charge in [-0.05, 0) is 12.0 Å². The molecule has 0 saturated carbocycles. The Morgan fingerprint density at radius 1 is 1.32 bits per heavy atom. The number of halogens is 3. The Kier molecular flexibility index (Phi) is 4.09. The Balaban J connectivity index is 2.10. The van der Waals surface area contributed by atoms with Crippen LogP contribution in [0.5, 0.6) is 0 Å². The summed E-state index contributed by atoms with van der Waals surface area (Å²) >= 11 is 0. The second-order valence-corrected chi connectivity index (χ2v) is 4.54. The molecule has 1 aliphatic rings. The summed E-state index contributed by atoms with van der Waals surface area (Å²) in [6, 6.07) is 8.77. The van der Waals surface area contributed by atoms with Crippen molar-refractivity contribution < 1.29 is 18.0 Å². The molecule has 0 aromatic heterocycles. The van der Waals surface area contributed by atoms with E-state index in [4.69, 9.17) is 0 Å². The quantitative estimate of drug-likeness (QED) is 0.886. The van der Waals surface area contributed by atoms with E-state index in [9.17, 15) is 18.0 Å². The van der Waals surface area contributed by atoms with Crippen molar-refractivity contribution in [1.29, 1.82) is 0 Å². The zero-order valence-electron chi connectivity index (χ0n) is 10.3. The number of carbonyl (C=O) groups is 1. The van der Waals surface area contributed by atoms with Crippen LogP contribution < -0.4 is 5.32 Å². The van der Waals surface area contributed by atoms with Gasteiger partial charge in [0, 0.05) is 25.7 Å². The number of carbonyl (C=O) groups excluding carboxylic acids is 1. The Labute approximate surface area is 109 Å². The van der Waals surface area contributed by atoms with Gasteiger partial charge in [-0.2, -0.15) is 13.2 Å². The molecule has 1 aromatic rings. The third-order valence-electron chi connectivity index (χ3n) is 3.17. The maximum atomic E-state index is 12.5. The number of hydrogen-bond acceptors (Lipinski definition) is 2. The number of hydrogen-bond donors (Lipinski definition) is 1. The molecular formula is C13H15F3N2O. The molecule has 1 aromatic carbocycles. The Bertz CT molecular complexity index is 433. The van der Waals surface area contributed by atoms with E-state index in [0.29, 0.717) is 19.5 Å². The second kappa shape index (κ2) is 5.61. The third-order valence-corrected chi connectivity index (χ3v) is 3.17. The summed E-state index contributed by atoms with van der Waals surface area (Å²) in [6.07, 6.45) is -4.37. The predicted molar refractivity (Wildman–Crippen MR) is 64.6 cm³/mol. The molecule has 1 atom stereocenters. The molecule has 1 aliphatic heterocycles. The molecule has 1 N–H and O–H groups in total. The number of benzene rings is 1. The molecule has 1 saturated heterocycles. The van der Waals surface area contributed by atoms with Gasteiger partial charge in [-0.15, -0.1) is 0 Å². The van der Waals surface area contributed by atoms with Gasteiger partial charge >= 0.3 is 12.1 Å². The smallest absolute Gasteiger partial charge is 0.329 e. The van der Waals surface area contributed by atoms with Gasteiger partial charge in [0.05, 0.1) is 0 Å². The average molecular weight is 272 g/mol. The molecule has 0 bridgehead atoms. The second-order valence-electron chi connectivity index (χ2n) is 4.54. The van der Waals surface area contributed by atoms with E-state index in [0.717, 1.165) is 10.5 Å². The van der Waals surface area contributed by atoms with E-state index in [1.54, 1.807) is 0 Å². The van der Waals surface area contributed by atoms with Gasteiger partial charge in [0.1, 0.15) is 0 Å². The first-order chi connectivity index (χ1) is 8.98. The maximum Gasteiger partial charge on any atom is 0.471 e. The van der Waals surface area contributed by atoms with Crippen LogP contribution in [-0.4, -0.2) is 42.7 Å². The average Bonchev–Trinajstić information content (AvgIpc) is 2.39. The standard InChI is InChI=1S/C13H15F3N2O/c14-13(15,16)12(19)18-7-6-17-9-11(18)8-10-4-2-1-3-5-10/h1-5,11,17H,6-9H2. The van der Waals surface area contributed by atoms with E-state index >= 15 is 0 Å². The van der Waals surface area contributed by atoms with Gasteiger partial charge < -0.3 is 10.2 Å². The third kappa shape index (κ3) is 3.47. The van der Waals surface area contributed by atoms with E-state index < -0.39 is 18.1 Å². The minimum absolute atomic E-state index is 0.0931. The first-order valence-corrected chi connectivity index (χ1v) is 6.11.